The zero-order valence-corrected chi connectivity index (χ0v) is 21.1. The summed E-state index contributed by atoms with van der Waals surface area (Å²) in [4.78, 5) is 39.1. The number of rotatable bonds is 5. The first-order chi connectivity index (χ1) is 16.3. The van der Waals surface area contributed by atoms with E-state index >= 15 is 0 Å². The standard InChI is InChI=1S/C27H23IN2O4/c1-16-8-10-18(11-9-16)23-21-6-4-5-7-22(21)26(32)30(3)24(23)27(33)34-17(2)25(31)29-20-14-12-19(28)13-15-20/h4-15,17H,1-3H3,(H,29,31). The van der Waals surface area contributed by atoms with Gasteiger partial charge in [0.2, 0.25) is 0 Å². The molecule has 34 heavy (non-hydrogen) atoms. The average Bonchev–Trinajstić information content (AvgIpc) is 2.83. The van der Waals surface area contributed by atoms with Crippen molar-refractivity contribution in [3.63, 3.8) is 0 Å². The first-order valence-corrected chi connectivity index (χ1v) is 11.8. The molecule has 0 bridgehead atoms. The molecule has 172 valence electrons. The van der Waals surface area contributed by atoms with Gasteiger partial charge in [0.15, 0.2) is 6.10 Å². The summed E-state index contributed by atoms with van der Waals surface area (Å²) in [6, 6.07) is 22.2. The molecule has 0 saturated heterocycles. The summed E-state index contributed by atoms with van der Waals surface area (Å²) in [5.74, 6) is -1.21. The molecule has 6 nitrogen and oxygen atoms in total. The van der Waals surface area contributed by atoms with E-state index in [4.69, 9.17) is 4.74 Å². The van der Waals surface area contributed by atoms with Crippen molar-refractivity contribution in [2.24, 2.45) is 7.05 Å². The number of nitrogens with zero attached hydrogens (tertiary/aromatic N) is 1. The Morgan fingerprint density at radius 2 is 1.56 bits per heavy atom. The van der Waals surface area contributed by atoms with Gasteiger partial charge in [-0.3, -0.25) is 9.59 Å². The number of hydrogen-bond donors (Lipinski definition) is 1. The number of halogens is 1. The Kier molecular flexibility index (Phi) is 6.83. The predicted molar refractivity (Wildman–Crippen MR) is 142 cm³/mol. The minimum Gasteiger partial charge on any atom is -0.448 e. The molecule has 1 atom stereocenters. The molecular weight excluding hydrogens is 543 g/mol. The van der Waals surface area contributed by atoms with E-state index in [1.54, 1.807) is 31.3 Å². The molecule has 4 aromatic rings. The maximum atomic E-state index is 13.4. The van der Waals surface area contributed by atoms with Gasteiger partial charge in [0, 0.05) is 27.3 Å². The number of pyridine rings is 1. The second-order valence-electron chi connectivity index (χ2n) is 8.04. The van der Waals surface area contributed by atoms with Crippen LogP contribution >= 0.6 is 22.6 Å². The number of carbonyl (C=O) groups excluding carboxylic acids is 2. The molecule has 0 fully saturated rings. The number of aromatic nitrogens is 1. The highest BCUT2D eigenvalue weighted by atomic mass is 127. The number of benzene rings is 3. The molecule has 4 rings (SSSR count). The first kappa shape index (κ1) is 23.7. The summed E-state index contributed by atoms with van der Waals surface area (Å²) >= 11 is 2.18. The van der Waals surface area contributed by atoms with Crippen LogP contribution in [0.5, 0.6) is 0 Å². The van der Waals surface area contributed by atoms with Gasteiger partial charge in [0.1, 0.15) is 5.69 Å². The molecule has 0 aliphatic carbocycles. The lowest BCUT2D eigenvalue weighted by Gasteiger charge is -2.19. The van der Waals surface area contributed by atoms with Crippen molar-refractivity contribution in [1.29, 1.82) is 0 Å². The Bertz CT molecular complexity index is 1440. The summed E-state index contributed by atoms with van der Waals surface area (Å²) < 4.78 is 7.89. The van der Waals surface area contributed by atoms with Crippen molar-refractivity contribution in [3.05, 3.63) is 98.0 Å². The molecule has 1 unspecified atom stereocenters. The third kappa shape index (κ3) is 4.75. The molecule has 0 aliphatic heterocycles. The van der Waals surface area contributed by atoms with Gasteiger partial charge in [0.25, 0.3) is 11.5 Å². The third-order valence-electron chi connectivity index (χ3n) is 5.60. The molecule has 1 aromatic heterocycles. The fraction of sp³-hybridized carbons (Fsp3) is 0.148. The fourth-order valence-electron chi connectivity index (χ4n) is 3.76. The summed E-state index contributed by atoms with van der Waals surface area (Å²) in [6.07, 6.45) is -1.07. The highest BCUT2D eigenvalue weighted by Crippen LogP contribution is 2.31. The van der Waals surface area contributed by atoms with Crippen molar-refractivity contribution >= 4 is 50.9 Å². The molecule has 0 aliphatic rings. The smallest absolute Gasteiger partial charge is 0.356 e. The second kappa shape index (κ2) is 9.80. The number of hydrogen-bond acceptors (Lipinski definition) is 4. The van der Waals surface area contributed by atoms with Gasteiger partial charge in [-0.2, -0.15) is 0 Å². The van der Waals surface area contributed by atoms with Crippen LogP contribution < -0.4 is 10.9 Å². The predicted octanol–water partition coefficient (Wildman–Crippen LogP) is 5.30. The van der Waals surface area contributed by atoms with Crippen LogP contribution in [0.1, 0.15) is 23.0 Å². The van der Waals surface area contributed by atoms with Crippen LogP contribution in [0.3, 0.4) is 0 Å². The third-order valence-corrected chi connectivity index (χ3v) is 6.32. The van der Waals surface area contributed by atoms with Crippen molar-refractivity contribution in [3.8, 4) is 11.1 Å². The number of fused-ring (bicyclic) bond motifs is 1. The number of aryl methyl sites for hydroxylation is 1. The Labute approximate surface area is 210 Å². The average molecular weight is 566 g/mol. The number of ether oxygens (including phenoxy) is 1. The van der Waals surface area contributed by atoms with E-state index in [9.17, 15) is 14.4 Å². The van der Waals surface area contributed by atoms with Crippen LogP contribution in [0, 0.1) is 10.5 Å². The number of amides is 1. The molecule has 1 N–H and O–H groups in total. The van der Waals surface area contributed by atoms with Gasteiger partial charge >= 0.3 is 5.97 Å². The zero-order valence-electron chi connectivity index (χ0n) is 19.0. The van der Waals surface area contributed by atoms with E-state index < -0.39 is 18.0 Å². The van der Waals surface area contributed by atoms with Crippen LogP contribution in [-0.4, -0.2) is 22.5 Å². The lowest BCUT2D eigenvalue weighted by molar-refractivity contribution is -0.123. The second-order valence-corrected chi connectivity index (χ2v) is 9.29. The van der Waals surface area contributed by atoms with Crippen LogP contribution in [0.2, 0.25) is 0 Å². The lowest BCUT2D eigenvalue weighted by atomic mass is 9.96. The largest absolute Gasteiger partial charge is 0.448 e. The van der Waals surface area contributed by atoms with E-state index in [-0.39, 0.29) is 11.3 Å². The van der Waals surface area contributed by atoms with Crippen molar-refractivity contribution < 1.29 is 14.3 Å². The number of carbonyl (C=O) groups is 2. The Morgan fingerprint density at radius 3 is 2.21 bits per heavy atom. The minimum absolute atomic E-state index is 0.0986. The van der Waals surface area contributed by atoms with Gasteiger partial charge in [-0.15, -0.1) is 0 Å². The summed E-state index contributed by atoms with van der Waals surface area (Å²) in [5.41, 5.74) is 2.83. The SMILES string of the molecule is Cc1ccc(-c2c(C(=O)OC(C)C(=O)Nc3ccc(I)cc3)n(C)c(=O)c3ccccc23)cc1. The van der Waals surface area contributed by atoms with Gasteiger partial charge < -0.3 is 14.6 Å². The maximum absolute atomic E-state index is 13.4. The zero-order chi connectivity index (χ0) is 24.4. The molecule has 0 radical (unpaired) electrons. The van der Waals surface area contributed by atoms with E-state index in [1.165, 1.54) is 11.5 Å². The Hall–Kier alpha value is -3.46. The number of nitrogens with one attached hydrogen (secondary N) is 1. The first-order valence-electron chi connectivity index (χ1n) is 10.7. The van der Waals surface area contributed by atoms with Gasteiger partial charge in [-0.05, 0) is 77.7 Å². The van der Waals surface area contributed by atoms with Crippen LogP contribution in [-0.2, 0) is 16.6 Å². The Morgan fingerprint density at radius 1 is 0.941 bits per heavy atom. The molecular formula is C27H23IN2O4. The molecule has 3 aromatic carbocycles. The monoisotopic (exact) mass is 566 g/mol. The molecule has 0 spiro atoms. The number of esters is 1. The molecule has 1 amide bonds. The minimum atomic E-state index is -1.07. The quantitative estimate of drug-likeness (QED) is 0.263. The van der Waals surface area contributed by atoms with E-state index in [1.807, 2.05) is 55.5 Å². The van der Waals surface area contributed by atoms with Crippen LogP contribution in [0.4, 0.5) is 5.69 Å². The summed E-state index contributed by atoms with van der Waals surface area (Å²) in [6.45, 7) is 3.48. The van der Waals surface area contributed by atoms with Crippen molar-refractivity contribution in [2.45, 2.75) is 20.0 Å². The van der Waals surface area contributed by atoms with E-state index in [2.05, 4.69) is 27.9 Å². The highest BCUT2D eigenvalue weighted by molar-refractivity contribution is 14.1. The van der Waals surface area contributed by atoms with E-state index in [0.717, 1.165) is 14.7 Å². The van der Waals surface area contributed by atoms with Crippen LogP contribution in [0.25, 0.3) is 21.9 Å². The maximum Gasteiger partial charge on any atom is 0.356 e. The normalized spacial score (nSPS) is 11.8. The lowest BCUT2D eigenvalue weighted by Crippen LogP contribution is -2.32. The van der Waals surface area contributed by atoms with Crippen molar-refractivity contribution in [2.75, 3.05) is 5.32 Å². The van der Waals surface area contributed by atoms with Crippen molar-refractivity contribution in [1.82, 2.24) is 4.57 Å². The summed E-state index contributed by atoms with van der Waals surface area (Å²) in [5, 5.41) is 3.90. The Balaban J connectivity index is 1.73. The van der Waals surface area contributed by atoms with E-state index in [0.29, 0.717) is 22.0 Å². The molecule has 0 saturated carbocycles. The molecule has 1 heterocycles. The van der Waals surface area contributed by atoms with Gasteiger partial charge in [-0.25, -0.2) is 4.79 Å². The topological polar surface area (TPSA) is 77.4 Å². The molecule has 7 heteroatoms. The van der Waals surface area contributed by atoms with Gasteiger partial charge in [-0.1, -0.05) is 48.0 Å². The number of anilines is 1. The fourth-order valence-corrected chi connectivity index (χ4v) is 4.12. The highest BCUT2D eigenvalue weighted by Gasteiger charge is 2.26. The summed E-state index contributed by atoms with van der Waals surface area (Å²) in [7, 11) is 1.54. The van der Waals surface area contributed by atoms with Crippen LogP contribution in [0.15, 0.2) is 77.6 Å². The van der Waals surface area contributed by atoms with Gasteiger partial charge in [0.05, 0.1) is 0 Å².